The summed E-state index contributed by atoms with van der Waals surface area (Å²) in [5.41, 5.74) is 2.48. The lowest BCUT2D eigenvalue weighted by Gasteiger charge is -2.28. The second-order valence-corrected chi connectivity index (χ2v) is 7.55. The number of fused-ring (bicyclic) bond motifs is 1. The van der Waals surface area contributed by atoms with Crippen LogP contribution in [-0.4, -0.2) is 32.9 Å². The van der Waals surface area contributed by atoms with Gasteiger partial charge in [0.05, 0.1) is 6.61 Å². The largest absolute Gasteiger partial charge is 0.494 e. The number of Topliss-reactive ketones (excluding diaryl/α,β-unsaturated/α-hetero) is 1. The molecular formula is C20H26N4O2S. The molecule has 1 aromatic heterocycles. The Bertz CT molecular complexity index is 859. The minimum absolute atomic E-state index is 0.0214. The number of unbranched alkanes of at least 4 members (excludes halogenated alkanes) is 1. The smallest absolute Gasteiger partial charge is 0.227 e. The van der Waals surface area contributed by atoms with Gasteiger partial charge in [-0.2, -0.15) is 4.98 Å². The molecule has 2 aromatic rings. The molecule has 0 amide bonds. The summed E-state index contributed by atoms with van der Waals surface area (Å²) in [6.45, 7) is 8.23. The van der Waals surface area contributed by atoms with Gasteiger partial charge in [-0.05, 0) is 44.9 Å². The van der Waals surface area contributed by atoms with Gasteiger partial charge < -0.3 is 10.1 Å². The standard InChI is InChI=1S/C20H26N4O2S/c1-5-7-11-27-20-22-19-21-13(3)17(14(4)25)18(24(19)23-20)15-9-8-10-16(12-15)26-6-2/h8-10,12,18H,5-7,11H2,1-4H3,(H,21,22,23). The van der Waals surface area contributed by atoms with Crippen molar-refractivity contribution in [2.45, 2.75) is 51.7 Å². The van der Waals surface area contributed by atoms with Crippen LogP contribution in [0.2, 0.25) is 0 Å². The lowest BCUT2D eigenvalue weighted by molar-refractivity contribution is -0.114. The van der Waals surface area contributed by atoms with Crippen molar-refractivity contribution >= 4 is 23.5 Å². The summed E-state index contributed by atoms with van der Waals surface area (Å²) in [6.07, 6.45) is 2.26. The molecule has 0 spiro atoms. The molecule has 0 saturated carbocycles. The van der Waals surface area contributed by atoms with Crippen molar-refractivity contribution < 1.29 is 9.53 Å². The summed E-state index contributed by atoms with van der Waals surface area (Å²) in [4.78, 5) is 17.1. The number of ketones is 1. The second-order valence-electron chi connectivity index (χ2n) is 6.49. The maximum Gasteiger partial charge on any atom is 0.227 e. The molecule has 0 saturated heterocycles. The van der Waals surface area contributed by atoms with E-state index in [4.69, 9.17) is 9.84 Å². The van der Waals surface area contributed by atoms with E-state index < -0.39 is 0 Å². The average molecular weight is 387 g/mol. The van der Waals surface area contributed by atoms with Crippen LogP contribution in [0.4, 0.5) is 5.95 Å². The third-order valence-corrected chi connectivity index (χ3v) is 5.35. The van der Waals surface area contributed by atoms with Crippen molar-refractivity contribution in [2.24, 2.45) is 0 Å². The zero-order valence-electron chi connectivity index (χ0n) is 16.3. The maximum atomic E-state index is 12.4. The van der Waals surface area contributed by atoms with Crippen LogP contribution < -0.4 is 10.1 Å². The number of nitrogens with zero attached hydrogens (tertiary/aromatic N) is 3. The Labute approximate surface area is 164 Å². The van der Waals surface area contributed by atoms with Gasteiger partial charge in [0, 0.05) is 17.0 Å². The van der Waals surface area contributed by atoms with Crippen LogP contribution in [0.3, 0.4) is 0 Å². The van der Waals surface area contributed by atoms with Crippen molar-refractivity contribution in [1.82, 2.24) is 14.8 Å². The zero-order valence-corrected chi connectivity index (χ0v) is 17.1. The van der Waals surface area contributed by atoms with Crippen molar-refractivity contribution in [3.63, 3.8) is 0 Å². The molecule has 0 fully saturated rings. The van der Waals surface area contributed by atoms with E-state index in [2.05, 4.69) is 17.2 Å². The van der Waals surface area contributed by atoms with Crippen molar-refractivity contribution in [3.05, 3.63) is 41.1 Å². The molecule has 1 unspecified atom stereocenters. The van der Waals surface area contributed by atoms with E-state index in [9.17, 15) is 4.79 Å². The third-order valence-electron chi connectivity index (χ3n) is 4.43. The van der Waals surface area contributed by atoms with Crippen molar-refractivity contribution in [3.8, 4) is 5.75 Å². The molecule has 6 nitrogen and oxygen atoms in total. The summed E-state index contributed by atoms with van der Waals surface area (Å²) in [5.74, 6) is 2.46. The maximum absolute atomic E-state index is 12.4. The molecule has 0 aliphatic carbocycles. The topological polar surface area (TPSA) is 69.0 Å². The van der Waals surface area contributed by atoms with Gasteiger partial charge in [-0.15, -0.1) is 5.10 Å². The Morgan fingerprint density at radius 3 is 2.89 bits per heavy atom. The van der Waals surface area contributed by atoms with E-state index in [0.717, 1.165) is 40.8 Å². The Balaban J connectivity index is 2.03. The van der Waals surface area contributed by atoms with E-state index in [1.165, 1.54) is 0 Å². The van der Waals surface area contributed by atoms with Crippen LogP contribution in [-0.2, 0) is 4.79 Å². The predicted molar refractivity (Wildman–Crippen MR) is 108 cm³/mol. The fourth-order valence-corrected chi connectivity index (χ4v) is 4.12. The van der Waals surface area contributed by atoms with Crippen LogP contribution in [0.1, 0.15) is 52.1 Å². The normalized spacial score (nSPS) is 16.1. The molecular weight excluding hydrogens is 360 g/mol. The average Bonchev–Trinajstić information content (AvgIpc) is 3.03. The highest BCUT2D eigenvalue weighted by molar-refractivity contribution is 7.99. The first-order valence-corrected chi connectivity index (χ1v) is 10.3. The predicted octanol–water partition coefficient (Wildman–Crippen LogP) is 4.45. The summed E-state index contributed by atoms with van der Waals surface area (Å²) in [5, 5.41) is 8.68. The number of ether oxygens (including phenoxy) is 1. The van der Waals surface area contributed by atoms with Crippen LogP contribution in [0.5, 0.6) is 5.75 Å². The van der Waals surface area contributed by atoms with Gasteiger partial charge in [-0.25, -0.2) is 4.68 Å². The number of carbonyl (C=O) groups is 1. The van der Waals surface area contributed by atoms with Gasteiger partial charge in [-0.3, -0.25) is 4.79 Å². The zero-order chi connectivity index (χ0) is 19.4. The first-order chi connectivity index (χ1) is 13.0. The first kappa shape index (κ1) is 19.5. The lowest BCUT2D eigenvalue weighted by atomic mass is 9.93. The van der Waals surface area contributed by atoms with Gasteiger partial charge in [0.25, 0.3) is 0 Å². The molecule has 0 radical (unpaired) electrons. The monoisotopic (exact) mass is 386 g/mol. The minimum Gasteiger partial charge on any atom is -0.494 e. The fraction of sp³-hybridized carbons (Fsp3) is 0.450. The second kappa shape index (κ2) is 8.61. The van der Waals surface area contributed by atoms with E-state index in [-0.39, 0.29) is 11.8 Å². The number of nitrogens with one attached hydrogen (secondary N) is 1. The van der Waals surface area contributed by atoms with E-state index in [0.29, 0.717) is 18.1 Å². The number of benzene rings is 1. The molecule has 7 heteroatoms. The minimum atomic E-state index is -0.313. The summed E-state index contributed by atoms with van der Waals surface area (Å²) in [6, 6.07) is 7.54. The molecule has 27 heavy (non-hydrogen) atoms. The Morgan fingerprint density at radius 1 is 1.37 bits per heavy atom. The molecule has 3 rings (SSSR count). The number of carbonyl (C=O) groups excluding carboxylic acids is 1. The number of hydrogen-bond donors (Lipinski definition) is 1. The Morgan fingerprint density at radius 2 is 2.19 bits per heavy atom. The van der Waals surface area contributed by atoms with Crippen LogP contribution >= 0.6 is 11.8 Å². The lowest BCUT2D eigenvalue weighted by Crippen LogP contribution is -2.27. The number of thioether (sulfide) groups is 1. The highest BCUT2D eigenvalue weighted by Crippen LogP contribution is 2.37. The highest BCUT2D eigenvalue weighted by atomic mass is 32.2. The summed E-state index contributed by atoms with van der Waals surface area (Å²) < 4.78 is 7.48. The van der Waals surface area contributed by atoms with Gasteiger partial charge >= 0.3 is 0 Å². The molecule has 1 N–H and O–H groups in total. The van der Waals surface area contributed by atoms with Crippen molar-refractivity contribution in [2.75, 3.05) is 17.7 Å². The van der Waals surface area contributed by atoms with E-state index in [1.807, 2.05) is 42.8 Å². The van der Waals surface area contributed by atoms with Crippen LogP contribution in [0.25, 0.3) is 0 Å². The quantitative estimate of drug-likeness (QED) is 0.534. The van der Waals surface area contributed by atoms with Crippen molar-refractivity contribution in [1.29, 1.82) is 0 Å². The number of hydrogen-bond acceptors (Lipinski definition) is 6. The molecule has 144 valence electrons. The molecule has 1 atom stereocenters. The summed E-state index contributed by atoms with van der Waals surface area (Å²) in [7, 11) is 0. The SMILES string of the molecule is CCCCSc1nc2n(n1)C(c1cccc(OCC)c1)C(C(C)=O)=C(C)N2. The molecule has 1 aromatic carbocycles. The highest BCUT2D eigenvalue weighted by Gasteiger charge is 2.32. The van der Waals surface area contributed by atoms with Gasteiger partial charge in [0.1, 0.15) is 11.8 Å². The fourth-order valence-electron chi connectivity index (χ4n) is 3.21. The number of allylic oxidation sites excluding steroid dienone is 2. The van der Waals surface area contributed by atoms with Gasteiger partial charge in [0.2, 0.25) is 11.1 Å². The Hall–Kier alpha value is -2.28. The molecule has 1 aliphatic rings. The Kier molecular flexibility index (Phi) is 6.21. The number of anilines is 1. The third kappa shape index (κ3) is 4.18. The molecule has 0 bridgehead atoms. The molecule has 2 heterocycles. The number of aromatic nitrogens is 3. The molecule has 1 aliphatic heterocycles. The summed E-state index contributed by atoms with van der Waals surface area (Å²) >= 11 is 1.65. The number of rotatable bonds is 8. The van der Waals surface area contributed by atoms with Gasteiger partial charge in [-0.1, -0.05) is 37.2 Å². The van der Waals surface area contributed by atoms with E-state index in [1.54, 1.807) is 18.7 Å². The first-order valence-electron chi connectivity index (χ1n) is 9.36. The van der Waals surface area contributed by atoms with Gasteiger partial charge in [0.15, 0.2) is 5.78 Å². The van der Waals surface area contributed by atoms with Crippen LogP contribution in [0.15, 0.2) is 40.7 Å². The van der Waals surface area contributed by atoms with Crippen LogP contribution in [0, 0.1) is 0 Å². The van der Waals surface area contributed by atoms with E-state index >= 15 is 0 Å².